The highest BCUT2D eigenvalue weighted by Crippen LogP contribution is 2.26. The van der Waals surface area contributed by atoms with E-state index in [1.54, 1.807) is 0 Å². The van der Waals surface area contributed by atoms with Crippen molar-refractivity contribution in [1.29, 1.82) is 0 Å². The Labute approximate surface area is 115 Å². The molecule has 2 atom stereocenters. The minimum Gasteiger partial charge on any atom is -0.374 e. The van der Waals surface area contributed by atoms with Gasteiger partial charge in [0.25, 0.3) is 0 Å². The number of halogens is 2. The second-order valence-corrected chi connectivity index (χ2v) is 5.43. The van der Waals surface area contributed by atoms with Crippen molar-refractivity contribution in [3.63, 3.8) is 0 Å². The average Bonchev–Trinajstić information content (AvgIpc) is 2.41. The molecule has 1 heterocycles. The van der Waals surface area contributed by atoms with Crippen molar-refractivity contribution >= 4 is 15.9 Å². The number of nitrogens with zero attached hydrogens (tertiary/aromatic N) is 1. The first-order valence-corrected chi connectivity index (χ1v) is 6.91. The molecule has 0 spiro atoms. The Morgan fingerprint density at radius 1 is 1.61 bits per heavy atom. The predicted molar refractivity (Wildman–Crippen MR) is 72.9 cm³/mol. The van der Waals surface area contributed by atoms with Crippen molar-refractivity contribution in [3.8, 4) is 0 Å². The molecule has 1 aliphatic rings. The van der Waals surface area contributed by atoms with Crippen molar-refractivity contribution in [3.05, 3.63) is 34.1 Å². The van der Waals surface area contributed by atoms with Crippen LogP contribution < -0.4 is 5.73 Å². The first kappa shape index (κ1) is 13.9. The third-order valence-corrected chi connectivity index (χ3v) is 4.01. The van der Waals surface area contributed by atoms with E-state index in [2.05, 4.69) is 27.8 Å². The lowest BCUT2D eigenvalue weighted by molar-refractivity contribution is -0.0364. The second-order valence-electron chi connectivity index (χ2n) is 4.57. The smallest absolute Gasteiger partial charge is 0.137 e. The standard InChI is InChI=1S/C13H18BrFN2O/c1-9(10-2-3-13(15)12(14)6-10)17-4-5-18-11(7-16)8-17/h2-3,6,9,11H,4-5,7-8,16H2,1H3. The van der Waals surface area contributed by atoms with Crippen LogP contribution in [0.2, 0.25) is 0 Å². The van der Waals surface area contributed by atoms with Gasteiger partial charge in [0.1, 0.15) is 5.82 Å². The molecule has 0 saturated carbocycles. The van der Waals surface area contributed by atoms with Crippen LogP contribution in [-0.4, -0.2) is 37.2 Å². The van der Waals surface area contributed by atoms with Crippen LogP contribution in [-0.2, 0) is 4.74 Å². The van der Waals surface area contributed by atoms with Crippen LogP contribution in [0.3, 0.4) is 0 Å². The van der Waals surface area contributed by atoms with Gasteiger partial charge in [0.05, 0.1) is 17.2 Å². The summed E-state index contributed by atoms with van der Waals surface area (Å²) in [6, 6.07) is 5.40. The number of hydrogen-bond donors (Lipinski definition) is 1. The van der Waals surface area contributed by atoms with Crippen molar-refractivity contribution < 1.29 is 9.13 Å². The lowest BCUT2D eigenvalue weighted by atomic mass is 10.1. The maximum absolute atomic E-state index is 13.2. The third kappa shape index (κ3) is 3.09. The normalized spacial score (nSPS) is 23.0. The molecule has 3 nitrogen and oxygen atoms in total. The average molecular weight is 317 g/mol. The Bertz CT molecular complexity index is 416. The summed E-state index contributed by atoms with van der Waals surface area (Å²) in [5.41, 5.74) is 6.74. The molecule has 2 rings (SSSR count). The zero-order valence-electron chi connectivity index (χ0n) is 10.4. The number of ether oxygens (including phenoxy) is 1. The van der Waals surface area contributed by atoms with Gasteiger partial charge < -0.3 is 10.5 Å². The highest BCUT2D eigenvalue weighted by molar-refractivity contribution is 9.10. The number of rotatable bonds is 3. The molecule has 0 radical (unpaired) electrons. The molecule has 2 unspecified atom stereocenters. The number of hydrogen-bond acceptors (Lipinski definition) is 3. The van der Waals surface area contributed by atoms with Gasteiger partial charge in [-0.15, -0.1) is 0 Å². The molecule has 1 fully saturated rings. The van der Waals surface area contributed by atoms with E-state index in [9.17, 15) is 4.39 Å². The van der Waals surface area contributed by atoms with Crippen LogP contribution in [0.1, 0.15) is 18.5 Å². The van der Waals surface area contributed by atoms with E-state index in [0.29, 0.717) is 17.6 Å². The van der Waals surface area contributed by atoms with Gasteiger partial charge in [0.15, 0.2) is 0 Å². The zero-order valence-corrected chi connectivity index (χ0v) is 12.0. The van der Waals surface area contributed by atoms with E-state index in [1.165, 1.54) is 6.07 Å². The Balaban J connectivity index is 2.10. The Morgan fingerprint density at radius 3 is 3.06 bits per heavy atom. The van der Waals surface area contributed by atoms with Crippen LogP contribution in [0.15, 0.2) is 22.7 Å². The summed E-state index contributed by atoms with van der Waals surface area (Å²) < 4.78 is 19.3. The molecule has 100 valence electrons. The van der Waals surface area contributed by atoms with E-state index in [0.717, 1.165) is 18.7 Å². The minimum atomic E-state index is -0.229. The largest absolute Gasteiger partial charge is 0.374 e. The summed E-state index contributed by atoms with van der Waals surface area (Å²) in [4.78, 5) is 2.32. The molecular weight excluding hydrogens is 299 g/mol. The molecule has 2 N–H and O–H groups in total. The van der Waals surface area contributed by atoms with Gasteiger partial charge in [0.2, 0.25) is 0 Å². The van der Waals surface area contributed by atoms with E-state index in [-0.39, 0.29) is 18.0 Å². The Kier molecular flexibility index (Phi) is 4.72. The highest BCUT2D eigenvalue weighted by atomic mass is 79.9. The SMILES string of the molecule is CC(c1ccc(F)c(Br)c1)N1CCOC(CN)C1. The van der Waals surface area contributed by atoms with Crippen LogP contribution in [0.25, 0.3) is 0 Å². The lowest BCUT2D eigenvalue weighted by Crippen LogP contribution is -2.46. The molecule has 0 aromatic heterocycles. The molecule has 1 aromatic carbocycles. The molecular formula is C13H18BrFN2O. The van der Waals surface area contributed by atoms with E-state index in [1.807, 2.05) is 12.1 Å². The number of nitrogens with two attached hydrogens (primary N) is 1. The highest BCUT2D eigenvalue weighted by Gasteiger charge is 2.24. The van der Waals surface area contributed by atoms with E-state index >= 15 is 0 Å². The molecule has 1 saturated heterocycles. The van der Waals surface area contributed by atoms with E-state index < -0.39 is 0 Å². The quantitative estimate of drug-likeness (QED) is 0.930. The van der Waals surface area contributed by atoms with Crippen molar-refractivity contribution in [2.75, 3.05) is 26.2 Å². The lowest BCUT2D eigenvalue weighted by Gasteiger charge is -2.36. The van der Waals surface area contributed by atoms with Gasteiger partial charge in [-0.3, -0.25) is 4.90 Å². The summed E-state index contributed by atoms with van der Waals surface area (Å²) >= 11 is 3.23. The van der Waals surface area contributed by atoms with Crippen molar-refractivity contribution in [2.24, 2.45) is 5.73 Å². The van der Waals surface area contributed by atoms with Gasteiger partial charge in [0, 0.05) is 25.7 Å². The first-order valence-electron chi connectivity index (χ1n) is 6.12. The molecule has 5 heteroatoms. The minimum absolute atomic E-state index is 0.102. The van der Waals surface area contributed by atoms with E-state index in [4.69, 9.17) is 10.5 Å². The van der Waals surface area contributed by atoms with Crippen molar-refractivity contribution in [1.82, 2.24) is 4.90 Å². The van der Waals surface area contributed by atoms with Gasteiger partial charge in [-0.05, 0) is 40.5 Å². The summed E-state index contributed by atoms with van der Waals surface area (Å²) in [7, 11) is 0. The first-order chi connectivity index (χ1) is 8.61. The maximum atomic E-state index is 13.2. The van der Waals surface area contributed by atoms with Crippen LogP contribution in [0.4, 0.5) is 4.39 Å². The molecule has 0 amide bonds. The fourth-order valence-corrected chi connectivity index (χ4v) is 2.62. The Hall–Kier alpha value is -0.490. The maximum Gasteiger partial charge on any atom is 0.137 e. The molecule has 1 aromatic rings. The van der Waals surface area contributed by atoms with Crippen molar-refractivity contribution in [2.45, 2.75) is 19.1 Å². The van der Waals surface area contributed by atoms with Crippen LogP contribution >= 0.6 is 15.9 Å². The summed E-state index contributed by atoms with van der Waals surface area (Å²) in [6.07, 6.45) is 0.102. The monoisotopic (exact) mass is 316 g/mol. The predicted octanol–water partition coefficient (Wildman–Crippen LogP) is 2.31. The second kappa shape index (κ2) is 6.10. The number of morpholine rings is 1. The molecule has 0 aliphatic carbocycles. The van der Waals surface area contributed by atoms with Gasteiger partial charge in [-0.1, -0.05) is 6.07 Å². The number of benzene rings is 1. The molecule has 18 heavy (non-hydrogen) atoms. The zero-order chi connectivity index (χ0) is 13.1. The van der Waals surface area contributed by atoms with Gasteiger partial charge in [-0.25, -0.2) is 4.39 Å². The summed E-state index contributed by atoms with van der Waals surface area (Å²) in [5, 5.41) is 0. The topological polar surface area (TPSA) is 38.5 Å². The Morgan fingerprint density at radius 2 is 2.39 bits per heavy atom. The third-order valence-electron chi connectivity index (χ3n) is 3.41. The van der Waals surface area contributed by atoms with Crippen LogP contribution in [0.5, 0.6) is 0 Å². The van der Waals surface area contributed by atoms with Crippen LogP contribution in [0, 0.1) is 5.82 Å². The van der Waals surface area contributed by atoms with Gasteiger partial charge >= 0.3 is 0 Å². The van der Waals surface area contributed by atoms with Gasteiger partial charge in [-0.2, -0.15) is 0 Å². The summed E-state index contributed by atoms with van der Waals surface area (Å²) in [5.74, 6) is -0.229. The molecule has 0 bridgehead atoms. The fraction of sp³-hybridized carbons (Fsp3) is 0.538. The molecule has 1 aliphatic heterocycles. The summed E-state index contributed by atoms with van der Waals surface area (Å²) in [6.45, 7) is 5.07. The fourth-order valence-electron chi connectivity index (χ4n) is 2.22.